The van der Waals surface area contributed by atoms with E-state index in [0.29, 0.717) is 24.4 Å². The summed E-state index contributed by atoms with van der Waals surface area (Å²) in [6, 6.07) is 11.0. The van der Waals surface area contributed by atoms with Gasteiger partial charge in [-0.2, -0.15) is 0 Å². The molecule has 0 spiro atoms. The van der Waals surface area contributed by atoms with E-state index in [4.69, 9.17) is 4.74 Å². The topological polar surface area (TPSA) is 66.0 Å². The van der Waals surface area contributed by atoms with Crippen molar-refractivity contribution in [2.75, 3.05) is 33.2 Å². The maximum Gasteiger partial charge on any atom is 0.254 e. The molecule has 1 aromatic carbocycles. The van der Waals surface area contributed by atoms with Gasteiger partial charge in [-0.05, 0) is 55.7 Å². The molecular formula is C24H30N4O3. The average Bonchev–Trinajstić information content (AvgIpc) is 2.79. The van der Waals surface area contributed by atoms with Crippen molar-refractivity contribution in [3.05, 3.63) is 59.9 Å². The maximum absolute atomic E-state index is 13.0. The number of likely N-dealkylation sites (tertiary alicyclic amines) is 1. The lowest BCUT2D eigenvalue weighted by Crippen LogP contribution is -2.56. The molecule has 2 amide bonds. The zero-order valence-electron chi connectivity index (χ0n) is 18.2. The van der Waals surface area contributed by atoms with E-state index in [-0.39, 0.29) is 17.9 Å². The van der Waals surface area contributed by atoms with E-state index in [1.807, 2.05) is 24.5 Å². The number of hydrogen-bond donors (Lipinski definition) is 0. The van der Waals surface area contributed by atoms with E-state index in [2.05, 4.69) is 22.0 Å². The molecule has 0 bridgehead atoms. The van der Waals surface area contributed by atoms with Gasteiger partial charge in [-0.3, -0.25) is 19.5 Å². The number of benzene rings is 1. The Morgan fingerprint density at radius 2 is 1.84 bits per heavy atom. The van der Waals surface area contributed by atoms with Crippen molar-refractivity contribution in [1.29, 1.82) is 0 Å². The molecule has 0 unspecified atom stereocenters. The van der Waals surface area contributed by atoms with E-state index in [1.165, 1.54) is 5.56 Å². The Bertz CT molecular complexity index is 912. The van der Waals surface area contributed by atoms with E-state index >= 15 is 0 Å². The number of rotatable bonds is 5. The Morgan fingerprint density at radius 1 is 1.10 bits per heavy atom. The molecule has 0 saturated carbocycles. The van der Waals surface area contributed by atoms with Crippen molar-refractivity contribution in [2.24, 2.45) is 0 Å². The first-order valence-corrected chi connectivity index (χ1v) is 10.9. The molecule has 2 fully saturated rings. The summed E-state index contributed by atoms with van der Waals surface area (Å²) < 4.78 is 6.21. The number of carbonyl (C=O) groups excluding carboxylic acids is 2. The van der Waals surface area contributed by atoms with Crippen molar-refractivity contribution in [1.82, 2.24) is 19.7 Å². The summed E-state index contributed by atoms with van der Waals surface area (Å²) in [6.07, 6.45) is 5.71. The van der Waals surface area contributed by atoms with Gasteiger partial charge in [0, 0.05) is 57.7 Å². The number of nitrogens with zero attached hydrogens (tertiary/aromatic N) is 4. The van der Waals surface area contributed by atoms with Gasteiger partial charge in [-0.1, -0.05) is 6.07 Å². The Morgan fingerprint density at radius 3 is 2.58 bits per heavy atom. The molecule has 3 heterocycles. The number of hydrogen-bond acceptors (Lipinski definition) is 5. The first kappa shape index (κ1) is 21.3. The zero-order chi connectivity index (χ0) is 21.8. The molecule has 1 aromatic heterocycles. The van der Waals surface area contributed by atoms with Crippen molar-refractivity contribution in [2.45, 2.75) is 38.5 Å². The molecule has 2 saturated heterocycles. The van der Waals surface area contributed by atoms with Crippen molar-refractivity contribution < 1.29 is 14.3 Å². The highest BCUT2D eigenvalue weighted by Crippen LogP contribution is 2.23. The highest BCUT2D eigenvalue weighted by Gasteiger charge is 2.33. The molecular weight excluding hydrogens is 392 g/mol. The highest BCUT2D eigenvalue weighted by atomic mass is 16.5. The minimum absolute atomic E-state index is 0.0227. The normalized spacial score (nSPS) is 20.7. The van der Waals surface area contributed by atoms with Crippen LogP contribution < -0.4 is 4.74 Å². The Labute approximate surface area is 183 Å². The standard InChI is InChI=1S/C24H30N4O3/c1-18-23(29)26(2)14-15-28(18)24(30)20-4-3-5-22(16-20)31-21-8-12-27(13-9-21)17-19-6-10-25-11-7-19/h3-7,10-11,16,18,21H,8-9,12-15,17H2,1-2H3/t18-/m0/s1. The van der Waals surface area contributed by atoms with Gasteiger partial charge < -0.3 is 14.5 Å². The van der Waals surface area contributed by atoms with Crippen LogP contribution in [-0.2, 0) is 11.3 Å². The second-order valence-corrected chi connectivity index (χ2v) is 8.41. The highest BCUT2D eigenvalue weighted by molar-refractivity contribution is 5.98. The van der Waals surface area contributed by atoms with E-state index in [9.17, 15) is 9.59 Å². The van der Waals surface area contributed by atoms with Gasteiger partial charge in [0.1, 0.15) is 17.9 Å². The van der Waals surface area contributed by atoms with E-state index in [0.717, 1.165) is 32.5 Å². The summed E-state index contributed by atoms with van der Waals surface area (Å²) in [5.74, 6) is 0.573. The van der Waals surface area contributed by atoms with Crippen LogP contribution in [0.2, 0.25) is 0 Å². The molecule has 1 atom stereocenters. The van der Waals surface area contributed by atoms with E-state index in [1.54, 1.807) is 35.9 Å². The summed E-state index contributed by atoms with van der Waals surface area (Å²) in [4.78, 5) is 35.1. The zero-order valence-corrected chi connectivity index (χ0v) is 18.2. The molecule has 164 valence electrons. The number of likely N-dealkylation sites (N-methyl/N-ethyl adjacent to an activating group) is 1. The molecule has 0 radical (unpaired) electrons. The lowest BCUT2D eigenvalue weighted by atomic mass is 10.1. The molecule has 0 aliphatic carbocycles. The van der Waals surface area contributed by atoms with Crippen LogP contribution in [0.1, 0.15) is 35.7 Å². The third-order valence-corrected chi connectivity index (χ3v) is 6.21. The minimum atomic E-state index is -0.444. The van der Waals surface area contributed by atoms with Gasteiger partial charge in [-0.25, -0.2) is 0 Å². The first-order chi connectivity index (χ1) is 15.0. The monoisotopic (exact) mass is 422 g/mol. The number of piperazine rings is 1. The van der Waals surface area contributed by atoms with Gasteiger partial charge in [0.05, 0.1) is 0 Å². The molecule has 2 aromatic rings. The van der Waals surface area contributed by atoms with Crippen molar-refractivity contribution in [3.8, 4) is 5.75 Å². The van der Waals surface area contributed by atoms with Crippen LogP contribution in [0, 0.1) is 0 Å². The van der Waals surface area contributed by atoms with Gasteiger partial charge in [0.25, 0.3) is 5.91 Å². The number of ether oxygens (including phenoxy) is 1. The summed E-state index contributed by atoms with van der Waals surface area (Å²) in [5.41, 5.74) is 1.84. The number of aromatic nitrogens is 1. The lowest BCUT2D eigenvalue weighted by Gasteiger charge is -2.37. The Balaban J connectivity index is 1.33. The third kappa shape index (κ3) is 5.05. The Hall–Kier alpha value is -2.93. The second-order valence-electron chi connectivity index (χ2n) is 8.41. The van der Waals surface area contributed by atoms with Crippen LogP contribution in [0.4, 0.5) is 0 Å². The van der Waals surface area contributed by atoms with Gasteiger partial charge in [0.15, 0.2) is 0 Å². The predicted molar refractivity (Wildman–Crippen MR) is 118 cm³/mol. The summed E-state index contributed by atoms with van der Waals surface area (Å²) in [7, 11) is 1.78. The molecule has 31 heavy (non-hydrogen) atoms. The molecule has 0 N–H and O–H groups in total. The number of pyridine rings is 1. The van der Waals surface area contributed by atoms with Crippen molar-refractivity contribution >= 4 is 11.8 Å². The SMILES string of the molecule is C[C@H]1C(=O)N(C)CCN1C(=O)c1cccc(OC2CCN(Cc3ccncc3)CC2)c1. The summed E-state index contributed by atoms with van der Waals surface area (Å²) in [6.45, 7) is 5.78. The van der Waals surface area contributed by atoms with Crippen LogP contribution in [-0.4, -0.2) is 76.9 Å². The largest absolute Gasteiger partial charge is 0.490 e. The fraction of sp³-hybridized carbons (Fsp3) is 0.458. The van der Waals surface area contributed by atoms with Crippen LogP contribution in [0.3, 0.4) is 0 Å². The van der Waals surface area contributed by atoms with E-state index < -0.39 is 6.04 Å². The second kappa shape index (κ2) is 9.47. The molecule has 7 nitrogen and oxygen atoms in total. The summed E-state index contributed by atoms with van der Waals surface area (Å²) >= 11 is 0. The first-order valence-electron chi connectivity index (χ1n) is 10.9. The quantitative estimate of drug-likeness (QED) is 0.741. The smallest absolute Gasteiger partial charge is 0.254 e. The predicted octanol–water partition coefficient (Wildman–Crippen LogP) is 2.43. The maximum atomic E-state index is 13.0. The Kier molecular flexibility index (Phi) is 6.51. The van der Waals surface area contributed by atoms with Gasteiger partial charge in [-0.15, -0.1) is 0 Å². The number of piperidine rings is 1. The van der Waals surface area contributed by atoms with Crippen molar-refractivity contribution in [3.63, 3.8) is 0 Å². The molecule has 7 heteroatoms. The molecule has 2 aliphatic rings. The average molecular weight is 423 g/mol. The third-order valence-electron chi connectivity index (χ3n) is 6.21. The van der Waals surface area contributed by atoms with Crippen LogP contribution in [0.15, 0.2) is 48.8 Å². The number of carbonyl (C=O) groups is 2. The van der Waals surface area contributed by atoms with Crippen LogP contribution in [0.25, 0.3) is 0 Å². The van der Waals surface area contributed by atoms with Crippen LogP contribution in [0.5, 0.6) is 5.75 Å². The molecule has 4 rings (SSSR count). The van der Waals surface area contributed by atoms with Crippen LogP contribution >= 0.6 is 0 Å². The van der Waals surface area contributed by atoms with Gasteiger partial charge in [0.2, 0.25) is 5.91 Å². The lowest BCUT2D eigenvalue weighted by molar-refractivity contribution is -0.137. The fourth-order valence-electron chi connectivity index (χ4n) is 4.28. The fourth-order valence-corrected chi connectivity index (χ4v) is 4.28. The number of amides is 2. The minimum Gasteiger partial charge on any atom is -0.490 e. The molecule has 2 aliphatic heterocycles. The summed E-state index contributed by atoms with van der Waals surface area (Å²) in [5, 5.41) is 0. The van der Waals surface area contributed by atoms with Gasteiger partial charge >= 0.3 is 0 Å².